The van der Waals surface area contributed by atoms with E-state index in [2.05, 4.69) is 17.3 Å². The zero-order chi connectivity index (χ0) is 10.6. The Morgan fingerprint density at radius 1 is 1.50 bits per heavy atom. The first-order valence-corrected chi connectivity index (χ1v) is 4.68. The van der Waals surface area contributed by atoms with Gasteiger partial charge in [-0.25, -0.2) is 14.8 Å². The summed E-state index contributed by atoms with van der Waals surface area (Å²) in [5, 5.41) is 1.87. The van der Waals surface area contributed by atoms with E-state index >= 15 is 0 Å². The molecule has 0 aromatic carbocycles. The van der Waals surface area contributed by atoms with Crippen LogP contribution in [0.2, 0.25) is 0 Å². The number of pyridine rings is 1. The molecule has 1 rings (SSSR count). The van der Waals surface area contributed by atoms with Crippen LogP contribution in [0.4, 0.5) is 4.39 Å². The SMILES string of the molecule is CCC(NN(C)C)c1ccc(F)cn1. The Morgan fingerprint density at radius 3 is 2.64 bits per heavy atom. The van der Waals surface area contributed by atoms with Gasteiger partial charge in [-0.05, 0) is 18.6 Å². The summed E-state index contributed by atoms with van der Waals surface area (Å²) in [6, 6.07) is 3.29. The van der Waals surface area contributed by atoms with Crippen LogP contribution >= 0.6 is 0 Å². The largest absolute Gasteiger partial charge is 0.257 e. The maximum atomic E-state index is 12.6. The van der Waals surface area contributed by atoms with Crippen molar-refractivity contribution in [1.82, 2.24) is 15.4 Å². The second-order valence-corrected chi connectivity index (χ2v) is 3.39. The van der Waals surface area contributed by atoms with Gasteiger partial charge in [-0.15, -0.1) is 0 Å². The monoisotopic (exact) mass is 197 g/mol. The van der Waals surface area contributed by atoms with Crippen molar-refractivity contribution in [1.29, 1.82) is 0 Å². The van der Waals surface area contributed by atoms with E-state index in [0.29, 0.717) is 0 Å². The third-order valence-electron chi connectivity index (χ3n) is 1.93. The van der Waals surface area contributed by atoms with Crippen LogP contribution in [0.15, 0.2) is 18.3 Å². The van der Waals surface area contributed by atoms with Crippen LogP contribution in [0.1, 0.15) is 25.1 Å². The molecule has 1 N–H and O–H groups in total. The summed E-state index contributed by atoms with van der Waals surface area (Å²) >= 11 is 0. The number of aromatic nitrogens is 1. The van der Waals surface area contributed by atoms with Gasteiger partial charge in [0.25, 0.3) is 0 Å². The Hall–Kier alpha value is -1.00. The highest BCUT2D eigenvalue weighted by Crippen LogP contribution is 2.13. The van der Waals surface area contributed by atoms with Gasteiger partial charge in [-0.3, -0.25) is 4.98 Å². The highest BCUT2D eigenvalue weighted by molar-refractivity contribution is 5.09. The van der Waals surface area contributed by atoms with E-state index in [9.17, 15) is 4.39 Å². The molecule has 0 spiro atoms. The zero-order valence-corrected chi connectivity index (χ0v) is 8.79. The first-order valence-electron chi connectivity index (χ1n) is 4.68. The molecule has 0 radical (unpaired) electrons. The van der Waals surface area contributed by atoms with E-state index in [1.165, 1.54) is 12.3 Å². The van der Waals surface area contributed by atoms with Crippen molar-refractivity contribution in [2.45, 2.75) is 19.4 Å². The van der Waals surface area contributed by atoms with Gasteiger partial charge in [0.15, 0.2) is 0 Å². The van der Waals surface area contributed by atoms with Crippen molar-refractivity contribution < 1.29 is 4.39 Å². The van der Waals surface area contributed by atoms with E-state index in [0.717, 1.165) is 12.1 Å². The third-order valence-corrected chi connectivity index (χ3v) is 1.93. The Balaban J connectivity index is 2.73. The van der Waals surface area contributed by atoms with Crippen molar-refractivity contribution in [3.8, 4) is 0 Å². The van der Waals surface area contributed by atoms with Crippen molar-refractivity contribution in [2.75, 3.05) is 14.1 Å². The molecule has 0 fully saturated rings. The summed E-state index contributed by atoms with van der Waals surface area (Å²) in [5.41, 5.74) is 4.08. The molecule has 0 saturated carbocycles. The summed E-state index contributed by atoms with van der Waals surface area (Å²) in [6.07, 6.45) is 2.16. The lowest BCUT2D eigenvalue weighted by atomic mass is 10.1. The molecule has 1 atom stereocenters. The molecule has 0 amide bonds. The minimum atomic E-state index is -0.298. The lowest BCUT2D eigenvalue weighted by molar-refractivity contribution is 0.236. The minimum Gasteiger partial charge on any atom is -0.257 e. The number of nitrogens with one attached hydrogen (secondary N) is 1. The second-order valence-electron chi connectivity index (χ2n) is 3.39. The minimum absolute atomic E-state index is 0.144. The number of halogens is 1. The van der Waals surface area contributed by atoms with Gasteiger partial charge < -0.3 is 0 Å². The van der Waals surface area contributed by atoms with Gasteiger partial charge in [-0.2, -0.15) is 0 Å². The van der Waals surface area contributed by atoms with Gasteiger partial charge in [0, 0.05) is 14.1 Å². The fourth-order valence-corrected chi connectivity index (χ4v) is 1.27. The van der Waals surface area contributed by atoms with Crippen molar-refractivity contribution in [3.63, 3.8) is 0 Å². The molecule has 0 bridgehead atoms. The zero-order valence-electron chi connectivity index (χ0n) is 8.79. The quantitative estimate of drug-likeness (QED) is 0.745. The van der Waals surface area contributed by atoms with Crippen molar-refractivity contribution >= 4 is 0 Å². The topological polar surface area (TPSA) is 28.2 Å². The standard InChI is InChI=1S/C10H16FN3/c1-4-9(13-14(2)3)10-6-5-8(11)7-12-10/h5-7,9,13H,4H2,1-3H3. The maximum Gasteiger partial charge on any atom is 0.141 e. The lowest BCUT2D eigenvalue weighted by Gasteiger charge is -2.21. The van der Waals surface area contributed by atoms with Crippen LogP contribution in [-0.4, -0.2) is 24.1 Å². The van der Waals surface area contributed by atoms with Crippen LogP contribution in [0.5, 0.6) is 0 Å². The van der Waals surface area contributed by atoms with Crippen molar-refractivity contribution in [2.24, 2.45) is 0 Å². The molecule has 1 aromatic heterocycles. The van der Waals surface area contributed by atoms with E-state index in [4.69, 9.17) is 0 Å². The summed E-state index contributed by atoms with van der Waals surface area (Å²) in [6.45, 7) is 2.06. The van der Waals surface area contributed by atoms with Crippen LogP contribution in [0.3, 0.4) is 0 Å². The van der Waals surface area contributed by atoms with Crippen LogP contribution in [-0.2, 0) is 0 Å². The molecule has 1 aromatic rings. The van der Waals surface area contributed by atoms with Gasteiger partial charge in [-0.1, -0.05) is 6.92 Å². The first kappa shape index (κ1) is 11.1. The molecule has 0 saturated heterocycles. The van der Waals surface area contributed by atoms with E-state index < -0.39 is 0 Å². The fourth-order valence-electron chi connectivity index (χ4n) is 1.27. The molecule has 3 nitrogen and oxygen atoms in total. The normalized spacial score (nSPS) is 13.2. The van der Waals surface area contributed by atoms with E-state index in [1.807, 2.05) is 19.1 Å². The Morgan fingerprint density at radius 2 is 2.21 bits per heavy atom. The highest BCUT2D eigenvalue weighted by atomic mass is 19.1. The average Bonchev–Trinajstić information content (AvgIpc) is 2.15. The molecule has 0 aliphatic carbocycles. The fraction of sp³-hybridized carbons (Fsp3) is 0.500. The number of hydrazine groups is 1. The predicted molar refractivity (Wildman–Crippen MR) is 54.0 cm³/mol. The number of hydrogen-bond acceptors (Lipinski definition) is 3. The molecule has 14 heavy (non-hydrogen) atoms. The molecule has 1 unspecified atom stereocenters. The van der Waals surface area contributed by atoms with Crippen LogP contribution in [0.25, 0.3) is 0 Å². The van der Waals surface area contributed by atoms with Crippen LogP contribution in [0, 0.1) is 5.82 Å². The highest BCUT2D eigenvalue weighted by Gasteiger charge is 2.10. The van der Waals surface area contributed by atoms with Gasteiger partial charge >= 0.3 is 0 Å². The molecule has 1 heterocycles. The predicted octanol–water partition coefficient (Wildman–Crippen LogP) is 1.74. The molecular weight excluding hydrogens is 181 g/mol. The van der Waals surface area contributed by atoms with E-state index in [-0.39, 0.29) is 11.9 Å². The second kappa shape index (κ2) is 5.02. The molecule has 78 valence electrons. The summed E-state index contributed by atoms with van der Waals surface area (Å²) < 4.78 is 12.6. The van der Waals surface area contributed by atoms with Crippen molar-refractivity contribution in [3.05, 3.63) is 29.8 Å². The molecule has 0 aliphatic rings. The molecule has 4 heteroatoms. The number of nitrogens with zero attached hydrogens (tertiary/aromatic N) is 2. The molecule has 0 aliphatic heterocycles. The summed E-state index contributed by atoms with van der Waals surface area (Å²) in [5.74, 6) is -0.298. The average molecular weight is 197 g/mol. The first-order chi connectivity index (χ1) is 6.63. The van der Waals surface area contributed by atoms with Crippen LogP contribution < -0.4 is 5.43 Å². The Bertz CT molecular complexity index is 271. The summed E-state index contributed by atoms with van der Waals surface area (Å²) in [7, 11) is 3.85. The maximum absolute atomic E-state index is 12.6. The van der Waals surface area contributed by atoms with Gasteiger partial charge in [0.1, 0.15) is 5.82 Å². The Kier molecular flexibility index (Phi) is 3.98. The van der Waals surface area contributed by atoms with Gasteiger partial charge in [0.05, 0.1) is 17.9 Å². The Labute approximate surface area is 83.9 Å². The molecular formula is C10H16FN3. The van der Waals surface area contributed by atoms with E-state index in [1.54, 1.807) is 6.07 Å². The lowest BCUT2D eigenvalue weighted by Crippen LogP contribution is -2.34. The number of hydrogen-bond donors (Lipinski definition) is 1. The summed E-state index contributed by atoms with van der Waals surface area (Å²) in [4.78, 5) is 4.04. The van der Waals surface area contributed by atoms with Gasteiger partial charge in [0.2, 0.25) is 0 Å². The third kappa shape index (κ3) is 3.05. The number of rotatable bonds is 4. The smallest absolute Gasteiger partial charge is 0.141 e.